The summed E-state index contributed by atoms with van der Waals surface area (Å²) in [7, 11) is 0. The molecule has 1 N–H and O–H groups in total. The molecule has 1 aromatic heterocycles. The third-order valence-electron chi connectivity index (χ3n) is 2.88. The maximum absolute atomic E-state index is 11.9. The summed E-state index contributed by atoms with van der Waals surface area (Å²) < 4.78 is 5.19. The van der Waals surface area contributed by atoms with Crippen molar-refractivity contribution in [3.63, 3.8) is 0 Å². The Kier molecular flexibility index (Phi) is 4.79. The number of aromatic nitrogens is 1. The van der Waals surface area contributed by atoms with E-state index < -0.39 is 0 Å². The van der Waals surface area contributed by atoms with Gasteiger partial charge in [-0.2, -0.15) is 0 Å². The fourth-order valence-electron chi connectivity index (χ4n) is 1.70. The van der Waals surface area contributed by atoms with Crippen LogP contribution in [0.1, 0.15) is 30.8 Å². The maximum Gasteiger partial charge on any atom is 0.273 e. The molecule has 0 bridgehead atoms. The van der Waals surface area contributed by atoms with E-state index in [2.05, 4.69) is 24.3 Å². The van der Waals surface area contributed by atoms with Gasteiger partial charge in [-0.25, -0.2) is 0 Å². The van der Waals surface area contributed by atoms with E-state index in [1.165, 1.54) is 0 Å². The normalized spacial score (nSPS) is 10.8. The molecule has 0 saturated heterocycles. The number of nitrogens with zero attached hydrogens (tertiary/aromatic N) is 1. The average Bonchev–Trinajstić information content (AvgIpc) is 2.88. The number of carbonyl (C=O) groups is 1. The number of carbonyl (C=O) groups excluding carboxylic acids is 1. The Labute approximate surface area is 123 Å². The smallest absolute Gasteiger partial charge is 0.273 e. The number of benzene rings is 1. The highest BCUT2D eigenvalue weighted by molar-refractivity contribution is 6.30. The van der Waals surface area contributed by atoms with Crippen molar-refractivity contribution in [2.75, 3.05) is 6.54 Å². The number of nitrogens with one attached hydrogen (secondary N) is 1. The highest BCUT2D eigenvalue weighted by atomic mass is 35.5. The predicted octanol–water partition coefficient (Wildman–Crippen LogP) is 3.77. The summed E-state index contributed by atoms with van der Waals surface area (Å²) in [6.07, 6.45) is 0.938. The van der Waals surface area contributed by atoms with Crippen molar-refractivity contribution < 1.29 is 9.32 Å². The van der Waals surface area contributed by atoms with Crippen LogP contribution in [0.4, 0.5) is 0 Å². The molecule has 106 valence electrons. The third kappa shape index (κ3) is 3.84. The van der Waals surface area contributed by atoms with Gasteiger partial charge in [-0.1, -0.05) is 30.6 Å². The van der Waals surface area contributed by atoms with E-state index in [1.807, 2.05) is 12.1 Å². The minimum absolute atomic E-state index is 0.213. The van der Waals surface area contributed by atoms with Crippen LogP contribution in [0.15, 0.2) is 34.9 Å². The van der Waals surface area contributed by atoms with Gasteiger partial charge in [0.05, 0.1) is 0 Å². The minimum atomic E-state index is -0.213. The first-order valence-corrected chi connectivity index (χ1v) is 6.95. The van der Waals surface area contributed by atoms with Crippen LogP contribution in [0.5, 0.6) is 0 Å². The molecule has 0 aliphatic rings. The fourth-order valence-corrected chi connectivity index (χ4v) is 1.82. The zero-order valence-electron chi connectivity index (χ0n) is 11.5. The second kappa shape index (κ2) is 6.57. The van der Waals surface area contributed by atoms with Crippen molar-refractivity contribution in [2.45, 2.75) is 20.3 Å². The van der Waals surface area contributed by atoms with Gasteiger partial charge in [0, 0.05) is 23.2 Å². The molecule has 4 nitrogen and oxygen atoms in total. The summed E-state index contributed by atoms with van der Waals surface area (Å²) in [5, 5.41) is 7.27. The number of halogens is 1. The zero-order chi connectivity index (χ0) is 14.5. The molecule has 0 spiro atoms. The summed E-state index contributed by atoms with van der Waals surface area (Å²) in [6.45, 7) is 4.86. The highest BCUT2D eigenvalue weighted by Gasteiger charge is 2.13. The first-order valence-electron chi connectivity index (χ1n) is 6.57. The Morgan fingerprint density at radius 3 is 2.70 bits per heavy atom. The number of amides is 1. The minimum Gasteiger partial charge on any atom is -0.355 e. The van der Waals surface area contributed by atoms with Crippen LogP contribution < -0.4 is 5.32 Å². The number of rotatable bonds is 5. The zero-order valence-corrected chi connectivity index (χ0v) is 12.3. The van der Waals surface area contributed by atoms with Crippen LogP contribution in [0.25, 0.3) is 11.3 Å². The largest absolute Gasteiger partial charge is 0.355 e. The lowest BCUT2D eigenvalue weighted by Crippen LogP contribution is -2.25. The predicted molar refractivity (Wildman–Crippen MR) is 78.7 cm³/mol. The fraction of sp³-hybridized carbons (Fsp3) is 0.333. The molecule has 0 unspecified atom stereocenters. The van der Waals surface area contributed by atoms with E-state index in [9.17, 15) is 4.79 Å². The van der Waals surface area contributed by atoms with Crippen LogP contribution in [0.2, 0.25) is 5.02 Å². The van der Waals surface area contributed by atoms with Gasteiger partial charge in [-0.15, -0.1) is 0 Å². The molecule has 0 saturated carbocycles. The van der Waals surface area contributed by atoms with E-state index in [4.69, 9.17) is 16.1 Å². The first kappa shape index (κ1) is 14.6. The summed E-state index contributed by atoms with van der Waals surface area (Å²) in [5.74, 6) is 0.891. The third-order valence-corrected chi connectivity index (χ3v) is 3.13. The molecule has 0 atom stereocenters. The molecule has 0 fully saturated rings. The summed E-state index contributed by atoms with van der Waals surface area (Å²) in [6, 6.07) is 8.81. The second-order valence-electron chi connectivity index (χ2n) is 5.02. The highest BCUT2D eigenvalue weighted by Crippen LogP contribution is 2.22. The van der Waals surface area contributed by atoms with E-state index in [-0.39, 0.29) is 5.91 Å². The van der Waals surface area contributed by atoms with Gasteiger partial charge in [-0.3, -0.25) is 4.79 Å². The lowest BCUT2D eigenvalue weighted by atomic mass is 10.1. The van der Waals surface area contributed by atoms with E-state index >= 15 is 0 Å². The van der Waals surface area contributed by atoms with Crippen LogP contribution in [-0.2, 0) is 0 Å². The monoisotopic (exact) mass is 292 g/mol. The molecular weight excluding hydrogens is 276 g/mol. The molecular formula is C15H17ClN2O2. The van der Waals surface area contributed by atoms with Crippen molar-refractivity contribution >= 4 is 17.5 Å². The lowest BCUT2D eigenvalue weighted by molar-refractivity contribution is 0.0943. The van der Waals surface area contributed by atoms with Gasteiger partial charge in [0.2, 0.25) is 0 Å². The van der Waals surface area contributed by atoms with Gasteiger partial charge < -0.3 is 9.84 Å². The Bertz CT molecular complexity index is 576. The van der Waals surface area contributed by atoms with Crippen molar-refractivity contribution in [1.82, 2.24) is 10.5 Å². The Morgan fingerprint density at radius 2 is 2.05 bits per heavy atom. The van der Waals surface area contributed by atoms with Crippen molar-refractivity contribution in [2.24, 2.45) is 5.92 Å². The average molecular weight is 293 g/mol. The second-order valence-corrected chi connectivity index (χ2v) is 5.46. The molecule has 1 heterocycles. The molecule has 0 aliphatic carbocycles. The first-order chi connectivity index (χ1) is 9.56. The topological polar surface area (TPSA) is 55.1 Å². The SMILES string of the molecule is CC(C)CCNC(=O)c1cc(-c2ccc(Cl)cc2)on1. The number of hydrogen-bond acceptors (Lipinski definition) is 3. The number of hydrogen-bond donors (Lipinski definition) is 1. The Balaban J connectivity index is 2.01. The molecule has 1 aromatic carbocycles. The lowest BCUT2D eigenvalue weighted by Gasteiger charge is -2.04. The Hall–Kier alpha value is -1.81. The molecule has 1 amide bonds. The Morgan fingerprint density at radius 1 is 1.35 bits per heavy atom. The van der Waals surface area contributed by atoms with Crippen LogP contribution in [0.3, 0.4) is 0 Å². The van der Waals surface area contributed by atoms with Gasteiger partial charge in [-0.05, 0) is 36.6 Å². The molecule has 0 radical (unpaired) electrons. The van der Waals surface area contributed by atoms with Crippen LogP contribution in [-0.4, -0.2) is 17.6 Å². The van der Waals surface area contributed by atoms with E-state index in [0.717, 1.165) is 12.0 Å². The van der Waals surface area contributed by atoms with Gasteiger partial charge >= 0.3 is 0 Å². The van der Waals surface area contributed by atoms with Gasteiger partial charge in [0.25, 0.3) is 5.91 Å². The summed E-state index contributed by atoms with van der Waals surface area (Å²) >= 11 is 5.83. The van der Waals surface area contributed by atoms with Crippen molar-refractivity contribution in [3.8, 4) is 11.3 Å². The summed E-state index contributed by atoms with van der Waals surface area (Å²) in [4.78, 5) is 11.9. The van der Waals surface area contributed by atoms with Crippen molar-refractivity contribution in [3.05, 3.63) is 41.0 Å². The summed E-state index contributed by atoms with van der Waals surface area (Å²) in [5.41, 5.74) is 1.13. The van der Waals surface area contributed by atoms with Crippen molar-refractivity contribution in [1.29, 1.82) is 0 Å². The van der Waals surface area contributed by atoms with Gasteiger partial charge in [0.1, 0.15) is 0 Å². The standard InChI is InChI=1S/C15H17ClN2O2/c1-10(2)7-8-17-15(19)13-9-14(20-18-13)11-3-5-12(16)6-4-11/h3-6,9-10H,7-8H2,1-2H3,(H,17,19). The molecule has 2 aromatic rings. The quantitative estimate of drug-likeness (QED) is 0.912. The molecule has 0 aliphatic heterocycles. The van der Waals surface area contributed by atoms with Crippen LogP contribution in [0, 0.1) is 5.92 Å². The van der Waals surface area contributed by atoms with E-state index in [1.54, 1.807) is 18.2 Å². The maximum atomic E-state index is 11.9. The van der Waals surface area contributed by atoms with Crippen LogP contribution >= 0.6 is 11.6 Å². The van der Waals surface area contributed by atoms with E-state index in [0.29, 0.717) is 28.9 Å². The molecule has 20 heavy (non-hydrogen) atoms. The molecule has 5 heteroatoms. The molecule has 2 rings (SSSR count). The van der Waals surface area contributed by atoms with Gasteiger partial charge in [0.15, 0.2) is 11.5 Å².